The molecule has 0 aromatic carbocycles. The SMILES string of the molecule is CNC(=O)c1sc(N2CCCSCC2)c(OC)c1N. The van der Waals surface area contributed by atoms with E-state index in [1.54, 1.807) is 14.2 Å². The number of amides is 1. The molecule has 2 heterocycles. The van der Waals surface area contributed by atoms with Crippen LogP contribution >= 0.6 is 23.1 Å². The fourth-order valence-electron chi connectivity index (χ4n) is 2.05. The Labute approximate surface area is 121 Å². The van der Waals surface area contributed by atoms with Crippen LogP contribution < -0.4 is 20.7 Å². The van der Waals surface area contributed by atoms with Crippen LogP contribution in [0.4, 0.5) is 10.7 Å². The molecular formula is C12H19N3O2S2. The highest BCUT2D eigenvalue weighted by molar-refractivity contribution is 7.99. The zero-order valence-corrected chi connectivity index (χ0v) is 12.8. The summed E-state index contributed by atoms with van der Waals surface area (Å²) in [5.41, 5.74) is 6.47. The number of rotatable bonds is 3. The van der Waals surface area contributed by atoms with E-state index in [-0.39, 0.29) is 5.91 Å². The molecule has 7 heteroatoms. The average molecular weight is 301 g/mol. The second-order valence-corrected chi connectivity index (χ2v) is 6.44. The minimum Gasteiger partial charge on any atom is -0.492 e. The maximum absolute atomic E-state index is 11.8. The Morgan fingerprint density at radius 1 is 1.42 bits per heavy atom. The number of anilines is 2. The molecule has 1 aromatic rings. The Morgan fingerprint density at radius 2 is 2.21 bits per heavy atom. The van der Waals surface area contributed by atoms with E-state index < -0.39 is 0 Å². The first-order valence-corrected chi connectivity index (χ1v) is 8.17. The number of nitrogen functional groups attached to an aromatic ring is 1. The molecule has 19 heavy (non-hydrogen) atoms. The third kappa shape index (κ3) is 2.92. The summed E-state index contributed by atoms with van der Waals surface area (Å²) in [6.45, 7) is 1.95. The van der Waals surface area contributed by atoms with Crippen LogP contribution in [-0.4, -0.2) is 44.7 Å². The summed E-state index contributed by atoms with van der Waals surface area (Å²) < 4.78 is 5.40. The standard InChI is InChI=1S/C12H19N3O2S2/c1-14-11(16)10-8(13)9(17-2)12(19-10)15-4-3-6-18-7-5-15/h3-7,13H2,1-2H3,(H,14,16). The summed E-state index contributed by atoms with van der Waals surface area (Å²) in [6.07, 6.45) is 1.14. The molecule has 1 saturated heterocycles. The second-order valence-electron chi connectivity index (χ2n) is 4.22. The summed E-state index contributed by atoms with van der Waals surface area (Å²) in [6, 6.07) is 0. The molecule has 1 fully saturated rings. The van der Waals surface area contributed by atoms with Crippen molar-refractivity contribution in [1.29, 1.82) is 0 Å². The average Bonchev–Trinajstić information content (AvgIpc) is 2.61. The van der Waals surface area contributed by atoms with Crippen LogP contribution in [0.2, 0.25) is 0 Å². The van der Waals surface area contributed by atoms with Gasteiger partial charge >= 0.3 is 0 Å². The normalized spacial score (nSPS) is 16.0. The lowest BCUT2D eigenvalue weighted by Crippen LogP contribution is -2.24. The van der Waals surface area contributed by atoms with Gasteiger partial charge in [-0.15, -0.1) is 11.3 Å². The summed E-state index contributed by atoms with van der Waals surface area (Å²) >= 11 is 3.37. The highest BCUT2D eigenvalue weighted by Gasteiger charge is 2.25. The zero-order chi connectivity index (χ0) is 13.8. The molecule has 2 rings (SSSR count). The molecule has 106 valence electrons. The Hall–Kier alpha value is -1.08. The number of methoxy groups -OCH3 is 1. The molecule has 0 spiro atoms. The molecule has 1 aliphatic heterocycles. The Morgan fingerprint density at radius 3 is 2.89 bits per heavy atom. The van der Waals surface area contributed by atoms with Crippen LogP contribution in [0.3, 0.4) is 0 Å². The van der Waals surface area contributed by atoms with E-state index in [0.29, 0.717) is 16.3 Å². The van der Waals surface area contributed by atoms with Gasteiger partial charge in [-0.2, -0.15) is 11.8 Å². The van der Waals surface area contributed by atoms with Crippen molar-refractivity contribution in [2.24, 2.45) is 0 Å². The van der Waals surface area contributed by atoms with Gasteiger partial charge in [-0.3, -0.25) is 4.79 Å². The number of nitrogens with zero attached hydrogens (tertiary/aromatic N) is 1. The van der Waals surface area contributed by atoms with Crippen LogP contribution in [-0.2, 0) is 0 Å². The fraction of sp³-hybridized carbons (Fsp3) is 0.583. The summed E-state index contributed by atoms with van der Waals surface area (Å²) in [5, 5.41) is 3.59. The van der Waals surface area contributed by atoms with Crippen molar-refractivity contribution in [1.82, 2.24) is 5.32 Å². The number of hydrogen-bond donors (Lipinski definition) is 2. The summed E-state index contributed by atoms with van der Waals surface area (Å²) in [5.74, 6) is 2.75. The number of carbonyl (C=O) groups excluding carboxylic acids is 1. The number of thioether (sulfide) groups is 1. The Balaban J connectivity index is 2.35. The van der Waals surface area contributed by atoms with E-state index in [4.69, 9.17) is 10.5 Å². The van der Waals surface area contributed by atoms with E-state index in [0.717, 1.165) is 30.3 Å². The fourth-order valence-corrected chi connectivity index (χ4v) is 4.13. The molecule has 0 atom stereocenters. The van der Waals surface area contributed by atoms with Gasteiger partial charge in [0.2, 0.25) is 0 Å². The van der Waals surface area contributed by atoms with E-state index in [1.165, 1.54) is 17.1 Å². The third-order valence-corrected chi connectivity index (χ3v) is 5.32. The van der Waals surface area contributed by atoms with Crippen molar-refractivity contribution in [2.45, 2.75) is 6.42 Å². The van der Waals surface area contributed by atoms with Crippen molar-refractivity contribution >= 4 is 39.7 Å². The highest BCUT2D eigenvalue weighted by Crippen LogP contribution is 2.45. The molecule has 0 unspecified atom stereocenters. The number of nitrogens with one attached hydrogen (secondary N) is 1. The van der Waals surface area contributed by atoms with Crippen LogP contribution in [0.1, 0.15) is 16.1 Å². The van der Waals surface area contributed by atoms with Crippen molar-refractivity contribution < 1.29 is 9.53 Å². The summed E-state index contributed by atoms with van der Waals surface area (Å²) in [7, 11) is 3.21. The van der Waals surface area contributed by atoms with Gasteiger partial charge in [0.15, 0.2) is 5.75 Å². The molecule has 1 aliphatic rings. The van der Waals surface area contributed by atoms with Gasteiger partial charge in [0, 0.05) is 25.9 Å². The van der Waals surface area contributed by atoms with Gasteiger partial charge in [-0.1, -0.05) is 0 Å². The number of ether oxygens (including phenoxy) is 1. The van der Waals surface area contributed by atoms with Crippen molar-refractivity contribution in [3.05, 3.63) is 4.88 Å². The second kappa shape index (κ2) is 6.38. The first kappa shape index (κ1) is 14.3. The topological polar surface area (TPSA) is 67.6 Å². The van der Waals surface area contributed by atoms with E-state index >= 15 is 0 Å². The van der Waals surface area contributed by atoms with Gasteiger partial charge in [-0.05, 0) is 12.2 Å². The maximum atomic E-state index is 11.8. The number of thiophene rings is 1. The Kier molecular flexibility index (Phi) is 4.81. The van der Waals surface area contributed by atoms with Crippen LogP contribution in [0.15, 0.2) is 0 Å². The number of nitrogens with two attached hydrogens (primary N) is 1. The minimum atomic E-state index is -0.156. The molecule has 5 nitrogen and oxygen atoms in total. The van der Waals surface area contributed by atoms with E-state index in [1.807, 2.05) is 11.8 Å². The van der Waals surface area contributed by atoms with Crippen molar-refractivity contribution in [3.63, 3.8) is 0 Å². The van der Waals surface area contributed by atoms with E-state index in [9.17, 15) is 4.79 Å². The zero-order valence-electron chi connectivity index (χ0n) is 11.2. The van der Waals surface area contributed by atoms with Gasteiger partial charge in [0.25, 0.3) is 5.91 Å². The largest absolute Gasteiger partial charge is 0.492 e. The van der Waals surface area contributed by atoms with Gasteiger partial charge in [-0.25, -0.2) is 0 Å². The molecule has 0 saturated carbocycles. The molecule has 1 amide bonds. The predicted octanol–water partition coefficient (Wildman–Crippen LogP) is 1.64. The molecule has 0 aliphatic carbocycles. The number of hydrogen-bond acceptors (Lipinski definition) is 6. The van der Waals surface area contributed by atoms with Crippen LogP contribution in [0.5, 0.6) is 5.75 Å². The lowest BCUT2D eigenvalue weighted by molar-refractivity contribution is 0.0967. The third-order valence-electron chi connectivity index (χ3n) is 3.03. The predicted molar refractivity (Wildman–Crippen MR) is 82.8 cm³/mol. The van der Waals surface area contributed by atoms with Gasteiger partial charge in [0.05, 0.1) is 7.11 Å². The highest BCUT2D eigenvalue weighted by atomic mass is 32.2. The summed E-state index contributed by atoms with van der Waals surface area (Å²) in [4.78, 5) is 14.6. The van der Waals surface area contributed by atoms with E-state index in [2.05, 4.69) is 10.2 Å². The number of carbonyl (C=O) groups is 1. The molecule has 3 N–H and O–H groups in total. The Bertz CT molecular complexity index is 454. The lowest BCUT2D eigenvalue weighted by atomic mass is 10.3. The van der Waals surface area contributed by atoms with Crippen LogP contribution in [0, 0.1) is 0 Å². The van der Waals surface area contributed by atoms with Crippen molar-refractivity contribution in [2.75, 3.05) is 49.4 Å². The van der Waals surface area contributed by atoms with Crippen molar-refractivity contribution in [3.8, 4) is 5.75 Å². The molecule has 0 radical (unpaired) electrons. The van der Waals surface area contributed by atoms with Gasteiger partial charge < -0.3 is 20.7 Å². The molecule has 0 bridgehead atoms. The smallest absolute Gasteiger partial charge is 0.263 e. The molecular weight excluding hydrogens is 282 g/mol. The maximum Gasteiger partial charge on any atom is 0.263 e. The monoisotopic (exact) mass is 301 g/mol. The first-order valence-electron chi connectivity index (χ1n) is 6.20. The molecule has 1 aromatic heterocycles. The van der Waals surface area contributed by atoms with Gasteiger partial charge in [0.1, 0.15) is 15.6 Å². The first-order chi connectivity index (χ1) is 9.19. The lowest BCUT2D eigenvalue weighted by Gasteiger charge is -2.21. The quantitative estimate of drug-likeness (QED) is 0.888. The minimum absolute atomic E-state index is 0.156. The van der Waals surface area contributed by atoms with Crippen LogP contribution in [0.25, 0.3) is 0 Å².